The van der Waals surface area contributed by atoms with Crippen molar-refractivity contribution in [3.8, 4) is 5.75 Å². The molecule has 0 radical (unpaired) electrons. The molecule has 7 rings (SSSR count). The SMILES string of the molecule is C=CCOC(=O)C1C2C(=O)OC(c3ccccc3)C(c3ccccc3)N2C(c2ccccc2OCCO)C12C(=O)N(C(=O)OCCOC)c1ccccc12. The first-order chi connectivity index (χ1) is 26.4. The van der Waals surface area contributed by atoms with Crippen LogP contribution in [0.25, 0.3) is 0 Å². The molecule has 12 heteroatoms. The van der Waals surface area contributed by atoms with Gasteiger partial charge in [0.2, 0.25) is 5.91 Å². The zero-order chi connectivity index (χ0) is 37.8. The van der Waals surface area contributed by atoms with Gasteiger partial charge in [-0.05, 0) is 28.8 Å². The van der Waals surface area contributed by atoms with Crippen molar-refractivity contribution in [2.45, 2.75) is 29.6 Å². The molecule has 3 aliphatic heterocycles. The van der Waals surface area contributed by atoms with Gasteiger partial charge in [-0.15, -0.1) is 0 Å². The molecule has 3 aliphatic rings. The lowest BCUT2D eigenvalue weighted by molar-refractivity contribution is -0.180. The average Bonchev–Trinajstić information content (AvgIpc) is 3.66. The maximum Gasteiger partial charge on any atom is 0.421 e. The number of hydrogen-bond donors (Lipinski definition) is 1. The van der Waals surface area contributed by atoms with Crippen LogP contribution in [0.2, 0.25) is 0 Å². The number of morpholine rings is 1. The molecule has 0 aliphatic carbocycles. The molecule has 3 heterocycles. The smallest absolute Gasteiger partial charge is 0.421 e. The van der Waals surface area contributed by atoms with Gasteiger partial charge in [0.1, 0.15) is 49.0 Å². The fourth-order valence-electron chi connectivity index (χ4n) is 8.28. The number of rotatable bonds is 12. The van der Waals surface area contributed by atoms with Crippen LogP contribution >= 0.6 is 0 Å². The summed E-state index contributed by atoms with van der Waals surface area (Å²) in [6.07, 6.45) is -0.474. The third-order valence-electron chi connectivity index (χ3n) is 10.2. The molecular formula is C42H40N2O10. The van der Waals surface area contributed by atoms with E-state index in [-0.39, 0.29) is 38.7 Å². The van der Waals surface area contributed by atoms with Crippen molar-refractivity contribution in [3.63, 3.8) is 0 Å². The molecule has 0 saturated carbocycles. The van der Waals surface area contributed by atoms with Crippen LogP contribution in [-0.4, -0.2) is 80.1 Å². The van der Waals surface area contributed by atoms with Gasteiger partial charge >= 0.3 is 18.0 Å². The summed E-state index contributed by atoms with van der Waals surface area (Å²) in [6, 6.07) is 29.0. The van der Waals surface area contributed by atoms with Crippen molar-refractivity contribution in [3.05, 3.63) is 144 Å². The Labute approximate surface area is 312 Å². The van der Waals surface area contributed by atoms with Gasteiger partial charge in [-0.25, -0.2) is 9.69 Å². The molecule has 12 nitrogen and oxygen atoms in total. The van der Waals surface area contributed by atoms with E-state index in [0.29, 0.717) is 22.4 Å². The van der Waals surface area contributed by atoms with Crippen LogP contribution in [0.3, 0.4) is 0 Å². The first kappa shape index (κ1) is 36.5. The highest BCUT2D eigenvalue weighted by atomic mass is 16.6. The van der Waals surface area contributed by atoms with Gasteiger partial charge < -0.3 is 28.8 Å². The van der Waals surface area contributed by atoms with E-state index >= 15 is 4.79 Å². The predicted molar refractivity (Wildman–Crippen MR) is 195 cm³/mol. The van der Waals surface area contributed by atoms with Crippen molar-refractivity contribution in [2.75, 3.05) is 45.0 Å². The van der Waals surface area contributed by atoms with E-state index in [4.69, 9.17) is 23.7 Å². The Bertz CT molecular complexity index is 2020. The standard InChI is InChI=1S/C42H40N2O10/c1-3-23-52-38(46)33-35-39(47)54-36(28-16-8-5-9-17-28)34(27-14-6-4-7-15-27)44(35)37(29-18-10-13-21-32(29)51-24-22-45)42(33)30-19-11-12-20-31(30)43(40(42)48)41(49)53-26-25-50-2/h3-21,33-37,45H,1,22-26H2,2H3. The normalized spacial score (nSPS) is 24.4. The monoisotopic (exact) mass is 732 g/mol. The van der Waals surface area contributed by atoms with Crippen molar-refractivity contribution < 1.29 is 48.0 Å². The Morgan fingerprint density at radius 1 is 0.833 bits per heavy atom. The van der Waals surface area contributed by atoms with E-state index in [2.05, 4.69) is 6.58 Å². The number of nitrogens with zero attached hydrogens (tertiary/aromatic N) is 2. The van der Waals surface area contributed by atoms with Gasteiger partial charge in [-0.2, -0.15) is 0 Å². The van der Waals surface area contributed by atoms with E-state index in [1.54, 1.807) is 48.5 Å². The van der Waals surface area contributed by atoms with Crippen LogP contribution in [0.15, 0.2) is 122 Å². The second-order valence-electron chi connectivity index (χ2n) is 13.1. The summed E-state index contributed by atoms with van der Waals surface area (Å²) in [5.74, 6) is -3.64. The number of aliphatic hydroxyl groups is 1. The Kier molecular flexibility index (Phi) is 10.6. The van der Waals surface area contributed by atoms with Gasteiger partial charge in [0.05, 0.1) is 31.0 Å². The maximum atomic E-state index is 15.7. The number of amides is 2. The van der Waals surface area contributed by atoms with Gasteiger partial charge in [-0.3, -0.25) is 19.3 Å². The molecule has 2 amide bonds. The van der Waals surface area contributed by atoms with E-state index < -0.39 is 59.5 Å². The quantitative estimate of drug-likeness (QED) is 0.0886. The number of esters is 2. The zero-order valence-corrected chi connectivity index (χ0v) is 29.6. The number of fused-ring (bicyclic) bond motifs is 3. The number of carbonyl (C=O) groups excluding carboxylic acids is 4. The van der Waals surface area contributed by atoms with Crippen molar-refractivity contribution in [2.24, 2.45) is 5.92 Å². The van der Waals surface area contributed by atoms with E-state index in [9.17, 15) is 19.5 Å². The summed E-state index contributed by atoms with van der Waals surface area (Å²) in [6.45, 7) is 3.05. The molecule has 0 aromatic heterocycles. The molecule has 54 heavy (non-hydrogen) atoms. The Morgan fingerprint density at radius 3 is 2.20 bits per heavy atom. The zero-order valence-electron chi connectivity index (χ0n) is 29.6. The first-order valence-corrected chi connectivity index (χ1v) is 17.7. The molecular weight excluding hydrogens is 692 g/mol. The lowest BCUT2D eigenvalue weighted by Gasteiger charge is -2.46. The summed E-state index contributed by atoms with van der Waals surface area (Å²) >= 11 is 0. The lowest BCUT2D eigenvalue weighted by Crippen LogP contribution is -2.53. The Hall–Kier alpha value is -5.82. The van der Waals surface area contributed by atoms with Crippen LogP contribution in [0.4, 0.5) is 10.5 Å². The fourth-order valence-corrected chi connectivity index (χ4v) is 8.28. The highest BCUT2D eigenvalue weighted by Gasteiger charge is 2.76. The van der Waals surface area contributed by atoms with E-state index in [1.165, 1.54) is 13.2 Å². The van der Waals surface area contributed by atoms with Crippen LogP contribution in [0, 0.1) is 5.92 Å². The van der Waals surface area contributed by atoms with E-state index in [0.717, 1.165) is 10.5 Å². The third-order valence-corrected chi connectivity index (χ3v) is 10.2. The predicted octanol–water partition coefficient (Wildman–Crippen LogP) is 5.24. The molecule has 4 aromatic rings. The minimum absolute atomic E-state index is 0.0791. The minimum Gasteiger partial charge on any atom is -0.491 e. The van der Waals surface area contributed by atoms with Crippen LogP contribution in [0.5, 0.6) is 5.75 Å². The van der Waals surface area contributed by atoms with Crippen LogP contribution in [0.1, 0.15) is 40.4 Å². The largest absolute Gasteiger partial charge is 0.491 e. The van der Waals surface area contributed by atoms with Crippen molar-refractivity contribution in [1.82, 2.24) is 4.90 Å². The van der Waals surface area contributed by atoms with Crippen LogP contribution < -0.4 is 9.64 Å². The maximum absolute atomic E-state index is 15.7. The summed E-state index contributed by atoms with van der Waals surface area (Å²) in [5.41, 5.74) is 0.383. The number of ether oxygens (including phenoxy) is 5. The third kappa shape index (κ3) is 6.02. The second kappa shape index (κ2) is 15.7. The molecule has 6 unspecified atom stereocenters. The summed E-state index contributed by atoms with van der Waals surface area (Å²) in [5, 5.41) is 9.83. The average molecular weight is 733 g/mol. The number of aliphatic hydroxyl groups excluding tert-OH is 1. The Balaban J connectivity index is 1.57. The van der Waals surface area contributed by atoms with Gasteiger partial charge in [0.25, 0.3) is 0 Å². The van der Waals surface area contributed by atoms with E-state index in [1.807, 2.05) is 65.6 Å². The highest BCUT2D eigenvalue weighted by Crippen LogP contribution is 2.66. The summed E-state index contributed by atoms with van der Waals surface area (Å²) in [4.78, 5) is 62.1. The molecule has 0 bridgehead atoms. The van der Waals surface area contributed by atoms with Crippen molar-refractivity contribution in [1.29, 1.82) is 0 Å². The Morgan fingerprint density at radius 2 is 1.50 bits per heavy atom. The van der Waals surface area contributed by atoms with Crippen molar-refractivity contribution >= 4 is 29.6 Å². The van der Waals surface area contributed by atoms with Gasteiger partial charge in [0.15, 0.2) is 0 Å². The van der Waals surface area contributed by atoms with Crippen LogP contribution in [-0.2, 0) is 38.7 Å². The molecule has 4 aromatic carbocycles. The number of anilines is 1. The number of benzene rings is 4. The molecule has 1 N–H and O–H groups in total. The number of cyclic esters (lactones) is 1. The molecule has 278 valence electrons. The number of imide groups is 1. The lowest BCUT2D eigenvalue weighted by atomic mass is 9.65. The molecule has 6 atom stereocenters. The molecule has 1 spiro atoms. The molecule has 2 fully saturated rings. The number of carbonyl (C=O) groups is 4. The summed E-state index contributed by atoms with van der Waals surface area (Å²) < 4.78 is 28.9. The number of methoxy groups -OCH3 is 1. The van der Waals surface area contributed by atoms with Gasteiger partial charge in [0, 0.05) is 12.7 Å². The number of hydrogen-bond acceptors (Lipinski definition) is 11. The van der Waals surface area contributed by atoms with Gasteiger partial charge in [-0.1, -0.05) is 110 Å². The highest BCUT2D eigenvalue weighted by molar-refractivity contribution is 6.23. The first-order valence-electron chi connectivity index (χ1n) is 17.7. The fraction of sp³-hybridized carbons (Fsp3) is 0.286. The topological polar surface area (TPSA) is 141 Å². The summed E-state index contributed by atoms with van der Waals surface area (Å²) in [7, 11) is 1.46. The second-order valence-corrected chi connectivity index (χ2v) is 13.1. The minimum atomic E-state index is -1.99. The molecule has 2 saturated heterocycles. The number of para-hydroxylation sites is 2.